The maximum atomic E-state index is 5.59. The van der Waals surface area contributed by atoms with Crippen LogP contribution in [0.4, 0.5) is 17.3 Å². The predicted octanol–water partition coefficient (Wildman–Crippen LogP) is 4.54. The van der Waals surface area contributed by atoms with Gasteiger partial charge in [-0.2, -0.15) is 26.5 Å². The molecule has 0 amide bonds. The SMILES string of the molecule is Cc1cccc(/C=N/Nc2cc(N3CCOCC3)n3nc(-c4ccc(N5CCSCC5)cc4)cc3n2)c1. The fraction of sp³-hybridized carbons (Fsp3) is 0.321. The first-order chi connectivity index (χ1) is 18.2. The fourth-order valence-corrected chi connectivity index (χ4v) is 5.67. The number of rotatable bonds is 6. The van der Waals surface area contributed by atoms with Crippen LogP contribution in [-0.4, -0.2) is 71.7 Å². The van der Waals surface area contributed by atoms with Gasteiger partial charge in [0.2, 0.25) is 0 Å². The van der Waals surface area contributed by atoms with Gasteiger partial charge in [0, 0.05) is 61.1 Å². The molecule has 2 aromatic heterocycles. The lowest BCUT2D eigenvalue weighted by Crippen LogP contribution is -2.37. The lowest BCUT2D eigenvalue weighted by atomic mass is 10.1. The number of hydrogen-bond donors (Lipinski definition) is 1. The summed E-state index contributed by atoms with van der Waals surface area (Å²) in [6.45, 7) is 7.30. The number of anilines is 3. The van der Waals surface area contributed by atoms with Gasteiger partial charge in [-0.3, -0.25) is 5.43 Å². The van der Waals surface area contributed by atoms with Gasteiger partial charge in [-0.05, 0) is 24.6 Å². The minimum absolute atomic E-state index is 0.683. The highest BCUT2D eigenvalue weighted by Gasteiger charge is 2.19. The topological polar surface area (TPSA) is 70.3 Å². The smallest absolute Gasteiger partial charge is 0.160 e. The maximum Gasteiger partial charge on any atom is 0.160 e. The quantitative estimate of drug-likeness (QED) is 0.300. The molecule has 0 saturated carbocycles. The first kappa shape index (κ1) is 23.8. The molecule has 9 heteroatoms. The summed E-state index contributed by atoms with van der Waals surface area (Å²) < 4.78 is 7.53. The van der Waals surface area contributed by atoms with E-state index in [1.165, 1.54) is 22.8 Å². The molecule has 2 aliphatic rings. The molecule has 0 bridgehead atoms. The largest absolute Gasteiger partial charge is 0.378 e. The van der Waals surface area contributed by atoms with Crippen LogP contribution in [0, 0.1) is 6.92 Å². The average molecular weight is 514 g/mol. The summed E-state index contributed by atoms with van der Waals surface area (Å²) in [6, 6.07) is 21.0. The number of aromatic nitrogens is 3. The molecule has 2 saturated heterocycles. The van der Waals surface area contributed by atoms with E-state index in [9.17, 15) is 0 Å². The van der Waals surface area contributed by atoms with E-state index in [0.29, 0.717) is 19.0 Å². The Kier molecular flexibility index (Phi) is 6.96. The average Bonchev–Trinajstić information content (AvgIpc) is 3.38. The Morgan fingerprint density at radius 2 is 1.76 bits per heavy atom. The van der Waals surface area contributed by atoms with Crippen LogP contribution in [0.3, 0.4) is 0 Å². The molecule has 190 valence electrons. The predicted molar refractivity (Wildman–Crippen MR) is 153 cm³/mol. The molecule has 2 aromatic carbocycles. The van der Waals surface area contributed by atoms with Gasteiger partial charge in [0.25, 0.3) is 0 Å². The van der Waals surface area contributed by atoms with Crippen LogP contribution in [0.15, 0.2) is 65.8 Å². The zero-order valence-electron chi connectivity index (χ0n) is 21.0. The van der Waals surface area contributed by atoms with Gasteiger partial charge in [0.15, 0.2) is 11.5 Å². The third kappa shape index (κ3) is 5.42. The van der Waals surface area contributed by atoms with Crippen molar-refractivity contribution in [1.29, 1.82) is 0 Å². The van der Waals surface area contributed by atoms with Crippen molar-refractivity contribution in [3.05, 3.63) is 71.8 Å². The highest BCUT2D eigenvalue weighted by atomic mass is 32.2. The number of thioether (sulfide) groups is 1. The first-order valence-electron chi connectivity index (χ1n) is 12.8. The van der Waals surface area contributed by atoms with Crippen LogP contribution in [0.1, 0.15) is 11.1 Å². The van der Waals surface area contributed by atoms with E-state index < -0.39 is 0 Å². The Hall–Kier alpha value is -3.56. The molecule has 37 heavy (non-hydrogen) atoms. The highest BCUT2D eigenvalue weighted by Crippen LogP contribution is 2.28. The van der Waals surface area contributed by atoms with Crippen LogP contribution in [0.5, 0.6) is 0 Å². The summed E-state index contributed by atoms with van der Waals surface area (Å²) in [5.41, 5.74) is 9.42. The molecule has 2 aliphatic heterocycles. The molecule has 0 radical (unpaired) electrons. The number of nitrogens with one attached hydrogen (secondary N) is 1. The van der Waals surface area contributed by atoms with Crippen LogP contribution in [-0.2, 0) is 4.74 Å². The van der Waals surface area contributed by atoms with E-state index in [1.54, 1.807) is 0 Å². The summed E-state index contributed by atoms with van der Waals surface area (Å²) in [5, 5.41) is 9.42. The molecule has 2 fully saturated rings. The second-order valence-corrected chi connectivity index (χ2v) is 10.6. The Labute approximate surface area is 221 Å². The summed E-state index contributed by atoms with van der Waals surface area (Å²) in [4.78, 5) is 9.57. The molecule has 0 aliphatic carbocycles. The number of morpholine rings is 1. The third-order valence-electron chi connectivity index (χ3n) is 6.72. The number of fused-ring (bicyclic) bond motifs is 1. The molecule has 4 aromatic rings. The van der Waals surface area contributed by atoms with Crippen molar-refractivity contribution in [2.45, 2.75) is 6.92 Å². The molecule has 8 nitrogen and oxygen atoms in total. The zero-order valence-corrected chi connectivity index (χ0v) is 21.8. The number of hydrazone groups is 1. The van der Waals surface area contributed by atoms with E-state index in [0.717, 1.165) is 54.5 Å². The maximum absolute atomic E-state index is 5.59. The van der Waals surface area contributed by atoms with E-state index in [-0.39, 0.29) is 0 Å². The number of aryl methyl sites for hydroxylation is 1. The summed E-state index contributed by atoms with van der Waals surface area (Å²) >= 11 is 2.03. The van der Waals surface area contributed by atoms with Crippen LogP contribution >= 0.6 is 11.8 Å². The van der Waals surface area contributed by atoms with Crippen molar-refractivity contribution in [2.24, 2.45) is 5.10 Å². The standard InChI is InChI=1S/C28H31N7OS/c1-21-3-2-4-22(17-21)20-29-31-26-19-28(34-9-13-36-14-10-34)35-27(30-26)18-25(32-35)23-5-7-24(8-6-23)33-11-15-37-16-12-33/h2-8,17-20H,9-16H2,1H3,(H,30,31)/b29-20+. The van der Waals surface area contributed by atoms with Gasteiger partial charge >= 0.3 is 0 Å². The minimum Gasteiger partial charge on any atom is -0.378 e. The molecule has 0 spiro atoms. The molecule has 6 rings (SSSR count). The second-order valence-electron chi connectivity index (χ2n) is 9.33. The third-order valence-corrected chi connectivity index (χ3v) is 7.66. The molecular formula is C28H31N7OS. The number of benzene rings is 2. The van der Waals surface area contributed by atoms with Crippen molar-refractivity contribution in [1.82, 2.24) is 14.6 Å². The summed E-state index contributed by atoms with van der Waals surface area (Å²) in [5.74, 6) is 4.04. The summed E-state index contributed by atoms with van der Waals surface area (Å²) in [7, 11) is 0. The monoisotopic (exact) mass is 513 g/mol. The van der Waals surface area contributed by atoms with Gasteiger partial charge in [-0.25, -0.2) is 4.98 Å². The molecule has 1 N–H and O–H groups in total. The lowest BCUT2D eigenvalue weighted by molar-refractivity contribution is 0.122. The van der Waals surface area contributed by atoms with Gasteiger partial charge in [-0.15, -0.1) is 0 Å². The Bertz CT molecular complexity index is 1390. The van der Waals surface area contributed by atoms with Gasteiger partial charge in [0.05, 0.1) is 25.1 Å². The van der Waals surface area contributed by atoms with Crippen molar-refractivity contribution < 1.29 is 4.74 Å². The highest BCUT2D eigenvalue weighted by molar-refractivity contribution is 7.99. The van der Waals surface area contributed by atoms with E-state index in [1.807, 2.05) is 46.8 Å². The molecular weight excluding hydrogens is 482 g/mol. The van der Waals surface area contributed by atoms with Gasteiger partial charge in [0.1, 0.15) is 5.82 Å². The van der Waals surface area contributed by atoms with Crippen molar-refractivity contribution in [3.63, 3.8) is 0 Å². The Balaban J connectivity index is 1.30. The number of nitrogens with zero attached hydrogens (tertiary/aromatic N) is 6. The second kappa shape index (κ2) is 10.8. The Morgan fingerprint density at radius 3 is 2.54 bits per heavy atom. The van der Waals surface area contributed by atoms with Crippen LogP contribution in [0.2, 0.25) is 0 Å². The first-order valence-corrected chi connectivity index (χ1v) is 13.9. The van der Waals surface area contributed by atoms with E-state index in [4.69, 9.17) is 14.8 Å². The van der Waals surface area contributed by atoms with Crippen LogP contribution < -0.4 is 15.2 Å². The molecule has 4 heterocycles. The number of ether oxygens (including phenoxy) is 1. The van der Waals surface area contributed by atoms with E-state index in [2.05, 4.69) is 63.6 Å². The minimum atomic E-state index is 0.683. The van der Waals surface area contributed by atoms with Crippen molar-refractivity contribution in [2.75, 3.05) is 66.1 Å². The molecule has 0 unspecified atom stereocenters. The summed E-state index contributed by atoms with van der Waals surface area (Å²) in [6.07, 6.45) is 1.82. The van der Waals surface area contributed by atoms with Crippen molar-refractivity contribution >= 4 is 40.9 Å². The van der Waals surface area contributed by atoms with Gasteiger partial charge < -0.3 is 14.5 Å². The fourth-order valence-electron chi connectivity index (χ4n) is 4.76. The normalized spacial score (nSPS) is 16.6. The molecule has 0 atom stereocenters. The number of hydrogen-bond acceptors (Lipinski definition) is 8. The Morgan fingerprint density at radius 1 is 0.946 bits per heavy atom. The zero-order chi connectivity index (χ0) is 25.0. The van der Waals surface area contributed by atoms with Crippen LogP contribution in [0.25, 0.3) is 16.9 Å². The van der Waals surface area contributed by atoms with Gasteiger partial charge in [-0.1, -0.05) is 42.0 Å². The van der Waals surface area contributed by atoms with Crippen molar-refractivity contribution in [3.8, 4) is 11.3 Å². The lowest BCUT2D eigenvalue weighted by Gasteiger charge is -2.29. The van der Waals surface area contributed by atoms with E-state index >= 15 is 0 Å².